The third-order valence-electron chi connectivity index (χ3n) is 3.12. The number of hydrogen-bond donors (Lipinski definition) is 1. The molecule has 0 saturated heterocycles. The molecule has 0 aromatic heterocycles. The number of nitrogens with two attached hydrogens (primary N) is 1. The van der Waals surface area contributed by atoms with Crippen LogP contribution in [-0.4, -0.2) is 24.5 Å². The highest BCUT2D eigenvalue weighted by Crippen LogP contribution is 2.30. The van der Waals surface area contributed by atoms with Gasteiger partial charge in [0.1, 0.15) is 0 Å². The first-order valence-electron chi connectivity index (χ1n) is 6.52. The van der Waals surface area contributed by atoms with Crippen LogP contribution >= 0.6 is 23.2 Å². The van der Waals surface area contributed by atoms with Crippen molar-refractivity contribution in [2.45, 2.75) is 32.7 Å². The van der Waals surface area contributed by atoms with Crippen LogP contribution < -0.4 is 5.73 Å². The third kappa shape index (κ3) is 4.43. The lowest BCUT2D eigenvalue weighted by molar-refractivity contribution is 0.277. The molecule has 0 radical (unpaired) electrons. The van der Waals surface area contributed by atoms with E-state index in [0.717, 1.165) is 31.6 Å². The van der Waals surface area contributed by atoms with Gasteiger partial charge in [0.2, 0.25) is 0 Å². The standard InChI is InChI=1S/C14H22Cl2N2/c1-3-9-18(4-2)10-8-13(17)11-6-5-7-12(15)14(11)16/h5-7,13H,3-4,8-10,17H2,1-2H3. The van der Waals surface area contributed by atoms with E-state index in [1.54, 1.807) is 6.07 Å². The topological polar surface area (TPSA) is 29.3 Å². The number of benzene rings is 1. The van der Waals surface area contributed by atoms with Gasteiger partial charge >= 0.3 is 0 Å². The predicted molar refractivity (Wildman–Crippen MR) is 80.4 cm³/mol. The van der Waals surface area contributed by atoms with Crippen molar-refractivity contribution in [3.8, 4) is 0 Å². The fourth-order valence-corrected chi connectivity index (χ4v) is 2.48. The van der Waals surface area contributed by atoms with Crippen LogP contribution in [0.4, 0.5) is 0 Å². The largest absolute Gasteiger partial charge is 0.324 e. The summed E-state index contributed by atoms with van der Waals surface area (Å²) in [4.78, 5) is 2.40. The zero-order chi connectivity index (χ0) is 13.5. The quantitative estimate of drug-likeness (QED) is 0.818. The van der Waals surface area contributed by atoms with E-state index in [9.17, 15) is 0 Å². The first-order chi connectivity index (χ1) is 8.60. The average Bonchev–Trinajstić information content (AvgIpc) is 2.37. The van der Waals surface area contributed by atoms with Crippen LogP contribution in [0.5, 0.6) is 0 Å². The molecule has 1 aromatic carbocycles. The number of nitrogens with zero attached hydrogens (tertiary/aromatic N) is 1. The fraction of sp³-hybridized carbons (Fsp3) is 0.571. The number of hydrogen-bond acceptors (Lipinski definition) is 2. The molecule has 0 spiro atoms. The maximum atomic E-state index is 6.19. The Morgan fingerprint density at radius 3 is 2.56 bits per heavy atom. The van der Waals surface area contributed by atoms with Gasteiger partial charge in [-0.3, -0.25) is 0 Å². The summed E-state index contributed by atoms with van der Waals surface area (Å²) in [5.41, 5.74) is 7.14. The fourth-order valence-electron chi connectivity index (χ4n) is 2.03. The molecule has 1 aromatic rings. The summed E-state index contributed by atoms with van der Waals surface area (Å²) in [6, 6.07) is 5.58. The molecule has 0 bridgehead atoms. The van der Waals surface area contributed by atoms with Crippen molar-refractivity contribution in [2.24, 2.45) is 5.73 Å². The summed E-state index contributed by atoms with van der Waals surface area (Å²) >= 11 is 12.2. The molecule has 0 aliphatic rings. The molecule has 18 heavy (non-hydrogen) atoms. The van der Waals surface area contributed by atoms with Gasteiger partial charge in [0.25, 0.3) is 0 Å². The molecule has 1 unspecified atom stereocenters. The lowest BCUT2D eigenvalue weighted by atomic mass is 10.0. The summed E-state index contributed by atoms with van der Waals surface area (Å²) in [6.07, 6.45) is 2.06. The van der Waals surface area contributed by atoms with Crippen LogP contribution in [0.1, 0.15) is 38.3 Å². The third-order valence-corrected chi connectivity index (χ3v) is 3.96. The Morgan fingerprint density at radius 1 is 1.22 bits per heavy atom. The van der Waals surface area contributed by atoms with Crippen LogP contribution in [0.3, 0.4) is 0 Å². The van der Waals surface area contributed by atoms with Gasteiger partial charge in [0.15, 0.2) is 0 Å². The van der Waals surface area contributed by atoms with E-state index >= 15 is 0 Å². The van der Waals surface area contributed by atoms with Gasteiger partial charge in [-0.1, -0.05) is 49.2 Å². The minimum atomic E-state index is -0.0536. The van der Waals surface area contributed by atoms with Gasteiger partial charge < -0.3 is 10.6 Å². The second-order valence-corrected chi connectivity index (χ2v) is 5.26. The van der Waals surface area contributed by atoms with E-state index in [-0.39, 0.29) is 6.04 Å². The molecule has 0 aliphatic heterocycles. The zero-order valence-electron chi connectivity index (χ0n) is 11.1. The molecule has 2 nitrogen and oxygen atoms in total. The first-order valence-corrected chi connectivity index (χ1v) is 7.27. The summed E-state index contributed by atoms with van der Waals surface area (Å²) in [5.74, 6) is 0. The molecule has 1 atom stereocenters. The van der Waals surface area contributed by atoms with E-state index < -0.39 is 0 Å². The molecule has 4 heteroatoms. The Hall–Kier alpha value is -0.280. The van der Waals surface area contributed by atoms with Crippen LogP contribution in [0, 0.1) is 0 Å². The molecule has 0 amide bonds. The Morgan fingerprint density at radius 2 is 1.94 bits per heavy atom. The Labute approximate surface area is 120 Å². The van der Waals surface area contributed by atoms with Crippen LogP contribution in [0.15, 0.2) is 18.2 Å². The predicted octanol–water partition coefficient (Wildman–Crippen LogP) is 4.12. The van der Waals surface area contributed by atoms with Gasteiger partial charge in [-0.25, -0.2) is 0 Å². The molecule has 0 aliphatic carbocycles. The lowest BCUT2D eigenvalue weighted by Crippen LogP contribution is -2.28. The van der Waals surface area contributed by atoms with E-state index in [4.69, 9.17) is 28.9 Å². The van der Waals surface area contributed by atoms with Crippen LogP contribution in [-0.2, 0) is 0 Å². The van der Waals surface area contributed by atoms with Crippen molar-refractivity contribution in [3.05, 3.63) is 33.8 Å². The second-order valence-electron chi connectivity index (χ2n) is 4.47. The first kappa shape index (κ1) is 15.8. The molecular weight excluding hydrogens is 267 g/mol. The van der Waals surface area contributed by atoms with Gasteiger partial charge in [0.05, 0.1) is 10.0 Å². The van der Waals surface area contributed by atoms with E-state index in [1.165, 1.54) is 6.42 Å². The molecule has 102 valence electrons. The number of rotatable bonds is 7. The monoisotopic (exact) mass is 288 g/mol. The van der Waals surface area contributed by atoms with Crippen molar-refractivity contribution < 1.29 is 0 Å². The Bertz CT molecular complexity index is 369. The highest BCUT2D eigenvalue weighted by molar-refractivity contribution is 6.42. The summed E-state index contributed by atoms with van der Waals surface area (Å²) in [6.45, 7) is 7.54. The SMILES string of the molecule is CCCN(CC)CCC(N)c1cccc(Cl)c1Cl. The van der Waals surface area contributed by atoms with Crippen molar-refractivity contribution in [3.63, 3.8) is 0 Å². The van der Waals surface area contributed by atoms with Crippen molar-refractivity contribution in [1.82, 2.24) is 4.90 Å². The molecule has 0 saturated carbocycles. The van der Waals surface area contributed by atoms with Crippen molar-refractivity contribution >= 4 is 23.2 Å². The Kier molecular flexibility index (Phi) is 7.02. The van der Waals surface area contributed by atoms with E-state index in [1.807, 2.05) is 12.1 Å². The maximum Gasteiger partial charge on any atom is 0.0640 e. The molecule has 0 heterocycles. The average molecular weight is 289 g/mol. The highest BCUT2D eigenvalue weighted by Gasteiger charge is 2.13. The van der Waals surface area contributed by atoms with Gasteiger partial charge in [-0.15, -0.1) is 0 Å². The van der Waals surface area contributed by atoms with Gasteiger partial charge in [-0.2, -0.15) is 0 Å². The van der Waals surface area contributed by atoms with E-state index in [2.05, 4.69) is 18.7 Å². The van der Waals surface area contributed by atoms with Crippen LogP contribution in [0.25, 0.3) is 0 Å². The Balaban J connectivity index is 2.59. The maximum absolute atomic E-state index is 6.19. The van der Waals surface area contributed by atoms with Gasteiger partial charge in [-0.05, 0) is 44.1 Å². The molecule has 2 N–H and O–H groups in total. The van der Waals surface area contributed by atoms with Crippen molar-refractivity contribution in [1.29, 1.82) is 0 Å². The van der Waals surface area contributed by atoms with Crippen molar-refractivity contribution in [2.75, 3.05) is 19.6 Å². The smallest absolute Gasteiger partial charge is 0.0640 e. The highest BCUT2D eigenvalue weighted by atomic mass is 35.5. The minimum Gasteiger partial charge on any atom is -0.324 e. The molecular formula is C14H22Cl2N2. The van der Waals surface area contributed by atoms with Crippen LogP contribution in [0.2, 0.25) is 10.0 Å². The molecule has 0 fully saturated rings. The summed E-state index contributed by atoms with van der Waals surface area (Å²) in [7, 11) is 0. The van der Waals surface area contributed by atoms with E-state index in [0.29, 0.717) is 10.0 Å². The normalized spacial score (nSPS) is 13.0. The number of halogens is 2. The second kappa shape index (κ2) is 8.00. The molecule has 1 rings (SSSR count). The summed E-state index contributed by atoms with van der Waals surface area (Å²) < 4.78 is 0. The zero-order valence-corrected chi connectivity index (χ0v) is 12.6. The van der Waals surface area contributed by atoms with Gasteiger partial charge in [0, 0.05) is 6.04 Å². The minimum absolute atomic E-state index is 0.0536. The summed E-state index contributed by atoms with van der Waals surface area (Å²) in [5, 5.41) is 1.16. The lowest BCUT2D eigenvalue weighted by Gasteiger charge is -2.22.